The second kappa shape index (κ2) is 17.9. The Morgan fingerprint density at radius 3 is 2.35 bits per heavy atom. The largest absolute Gasteiger partial charge is 0.507 e. The number of nitrogens with zero attached hydrogens (tertiary/aromatic N) is 4. The summed E-state index contributed by atoms with van der Waals surface area (Å²) in [5.41, 5.74) is 3.48. The number of amidine groups is 1. The minimum atomic E-state index is -4.68. The molecule has 0 aliphatic carbocycles. The van der Waals surface area contributed by atoms with Crippen LogP contribution in [0, 0.1) is 5.92 Å². The maximum atomic E-state index is 13.9. The number of likely N-dealkylation sites (tertiary alicyclic amines) is 2. The van der Waals surface area contributed by atoms with Gasteiger partial charge < -0.3 is 26.2 Å². The number of amides is 2. The maximum Gasteiger partial charge on any atom is 0.425 e. The highest BCUT2D eigenvalue weighted by Crippen LogP contribution is 2.38. The third-order valence-electron chi connectivity index (χ3n) is 9.42. The zero-order valence-electron chi connectivity index (χ0n) is 28.6. The zero-order valence-corrected chi connectivity index (χ0v) is 29.4. The number of hydrazone groups is 1. The number of halogens is 6. The number of carbonyl (C=O) groups is 2. The van der Waals surface area contributed by atoms with E-state index in [9.17, 15) is 35.9 Å². The average molecular weight is 756 g/mol. The summed E-state index contributed by atoms with van der Waals surface area (Å²) in [4.78, 5) is 33.8. The Balaban J connectivity index is 0.000000521. The third kappa shape index (κ3) is 10.1. The first-order chi connectivity index (χ1) is 24.7. The summed E-state index contributed by atoms with van der Waals surface area (Å²) in [6, 6.07) is 9.30. The van der Waals surface area contributed by atoms with Gasteiger partial charge >= 0.3 is 12.4 Å². The molecule has 2 saturated heterocycles. The maximum absolute atomic E-state index is 13.9. The zero-order chi connectivity index (χ0) is 38.1. The number of nitrogens with two attached hydrogens (primary N) is 2. The Bertz CT molecular complexity index is 1670. The van der Waals surface area contributed by atoms with Crippen LogP contribution in [0.3, 0.4) is 0 Å². The molecule has 0 saturated carbocycles. The molecule has 1 aromatic carbocycles. The van der Waals surface area contributed by atoms with E-state index in [0.717, 1.165) is 43.1 Å². The van der Waals surface area contributed by atoms with E-state index in [-0.39, 0.29) is 17.6 Å². The molecule has 5 rings (SSSR count). The Hall–Kier alpha value is -4.38. The summed E-state index contributed by atoms with van der Waals surface area (Å²) in [6.45, 7) is 3.44. The minimum absolute atomic E-state index is 0.0160. The molecule has 0 radical (unpaired) electrons. The number of pyridine rings is 1. The average Bonchev–Trinajstić information content (AvgIpc) is 3.59. The predicted octanol–water partition coefficient (Wildman–Crippen LogP) is 6.67. The smallest absolute Gasteiger partial charge is 0.425 e. The van der Waals surface area contributed by atoms with Crippen LogP contribution in [0.1, 0.15) is 89.7 Å². The molecule has 2 aliphatic rings. The highest BCUT2D eigenvalue weighted by Gasteiger charge is 2.43. The van der Waals surface area contributed by atoms with Gasteiger partial charge in [-0.15, -0.1) is 11.3 Å². The van der Waals surface area contributed by atoms with E-state index in [1.54, 1.807) is 0 Å². The van der Waals surface area contributed by atoms with Crippen LogP contribution in [-0.2, 0) is 23.6 Å². The fraction of sp³-hybridized carbons (Fsp3) is 0.486. The van der Waals surface area contributed by atoms with Crippen molar-refractivity contribution in [3.05, 3.63) is 81.3 Å². The van der Waals surface area contributed by atoms with Gasteiger partial charge in [-0.1, -0.05) is 37.6 Å². The van der Waals surface area contributed by atoms with Gasteiger partial charge in [0, 0.05) is 55.9 Å². The van der Waals surface area contributed by atoms with Gasteiger partial charge in [0.05, 0.1) is 17.0 Å². The van der Waals surface area contributed by atoms with Crippen molar-refractivity contribution in [2.24, 2.45) is 22.7 Å². The molecule has 3 aromatic rings. The number of rotatable bonds is 8. The van der Waals surface area contributed by atoms with Crippen LogP contribution in [0.4, 0.5) is 26.3 Å². The molecule has 17 heteroatoms. The van der Waals surface area contributed by atoms with E-state index in [2.05, 4.69) is 27.6 Å². The van der Waals surface area contributed by atoms with E-state index < -0.39 is 46.2 Å². The second-order valence-corrected chi connectivity index (χ2v) is 13.6. The lowest BCUT2D eigenvalue weighted by molar-refractivity contribution is -0.141. The number of piperidine rings is 2. The molecule has 2 atom stereocenters. The molecule has 4 heterocycles. The summed E-state index contributed by atoms with van der Waals surface area (Å²) in [5, 5.41) is 13.2. The summed E-state index contributed by atoms with van der Waals surface area (Å²) in [5.74, 6) is 10.1. The van der Waals surface area contributed by atoms with Crippen molar-refractivity contribution in [3.63, 3.8) is 0 Å². The Kier molecular flexibility index (Phi) is 13.9. The second-order valence-electron chi connectivity index (χ2n) is 12.7. The lowest BCUT2D eigenvalue weighted by Crippen LogP contribution is -2.54. The van der Waals surface area contributed by atoms with Gasteiger partial charge in [0.15, 0.2) is 0 Å². The number of thiophene rings is 1. The number of hydrogen-bond donors (Lipinski definition) is 4. The number of carbonyl (C=O) groups excluding carboxylic acids is 2. The molecule has 10 nitrogen and oxygen atoms in total. The fourth-order valence-electron chi connectivity index (χ4n) is 6.92. The van der Waals surface area contributed by atoms with Crippen molar-refractivity contribution in [1.29, 1.82) is 0 Å². The number of benzene rings is 1. The Labute approximate surface area is 301 Å². The Morgan fingerprint density at radius 1 is 1.06 bits per heavy atom. The molecular formula is C35H43F6N7O3S. The van der Waals surface area contributed by atoms with Crippen LogP contribution in [0.15, 0.2) is 59.3 Å². The molecule has 6 N–H and O–H groups in total. The number of aromatic nitrogens is 1. The number of nitrogens with one attached hydrogen (secondary N) is 1. The van der Waals surface area contributed by atoms with Crippen molar-refractivity contribution in [2.75, 3.05) is 19.6 Å². The fourth-order valence-corrected chi connectivity index (χ4v) is 7.56. The first-order valence-electron chi connectivity index (χ1n) is 17.0. The highest BCUT2D eigenvalue weighted by atomic mass is 32.1. The summed E-state index contributed by atoms with van der Waals surface area (Å²) in [6.07, 6.45) is -1.67. The summed E-state index contributed by atoms with van der Waals surface area (Å²) >= 11 is 0.481. The highest BCUT2D eigenvalue weighted by molar-refractivity contribution is 7.10. The first-order valence-corrected chi connectivity index (χ1v) is 17.8. The van der Waals surface area contributed by atoms with Crippen LogP contribution in [0.2, 0.25) is 0 Å². The monoisotopic (exact) mass is 755 g/mol. The van der Waals surface area contributed by atoms with Gasteiger partial charge in [0.2, 0.25) is 5.91 Å². The predicted molar refractivity (Wildman–Crippen MR) is 185 cm³/mol. The van der Waals surface area contributed by atoms with E-state index in [4.69, 9.17) is 16.8 Å². The van der Waals surface area contributed by atoms with E-state index >= 15 is 0 Å². The lowest BCUT2D eigenvalue weighted by Gasteiger charge is -2.43. The number of aryl methyl sites for hydroxylation is 1. The summed E-state index contributed by atoms with van der Waals surface area (Å²) < 4.78 is 76.1. The van der Waals surface area contributed by atoms with Gasteiger partial charge in [-0.3, -0.25) is 14.6 Å². The SMILES string of the molecule is CCCC1C(C(=O)N2CCC(c3ccccc3CC/C(=N/N)NN)CC2)CCCN1C(=O)c1cnccc1C(F)(F)F.Oc1csc(C(F)(F)F)c1. The van der Waals surface area contributed by atoms with Crippen molar-refractivity contribution in [1.82, 2.24) is 20.2 Å². The van der Waals surface area contributed by atoms with Crippen molar-refractivity contribution in [2.45, 2.75) is 82.6 Å². The lowest BCUT2D eigenvalue weighted by atomic mass is 9.82. The van der Waals surface area contributed by atoms with Crippen LogP contribution >= 0.6 is 11.3 Å². The number of hydrazine groups is 1. The molecule has 52 heavy (non-hydrogen) atoms. The first kappa shape index (κ1) is 40.4. The standard InChI is InChI=1S/C30H40F3N7O2.C5H3F3OS/c1-2-6-26-23(9-5-16-40(26)29(42)24-19-36-15-12-25(24)30(31,32)33)28(41)39-17-13-21(14-18-39)22-8-4-3-7-20(22)10-11-27(37-34)38-35;6-5(7,8)4-1-3(9)2-10-4/h3-4,7-8,12,15,19,21,23,26H,2,5-6,9-11,13-14,16-18,34-35H2,1H3,(H,37,38);1-2,9H. The van der Waals surface area contributed by atoms with Crippen molar-refractivity contribution in [3.8, 4) is 5.75 Å². The van der Waals surface area contributed by atoms with E-state index in [0.29, 0.717) is 75.0 Å². The molecular weight excluding hydrogens is 712 g/mol. The molecule has 2 unspecified atom stereocenters. The molecule has 2 fully saturated rings. The van der Waals surface area contributed by atoms with Gasteiger partial charge in [0.1, 0.15) is 16.5 Å². The Morgan fingerprint density at radius 2 is 1.77 bits per heavy atom. The quantitative estimate of drug-likeness (QED) is 0.0660. The number of alkyl halides is 6. The summed E-state index contributed by atoms with van der Waals surface area (Å²) in [7, 11) is 0. The van der Waals surface area contributed by atoms with Crippen molar-refractivity contribution >= 4 is 29.0 Å². The van der Waals surface area contributed by atoms with Crippen LogP contribution in [0.25, 0.3) is 0 Å². The van der Waals surface area contributed by atoms with Gasteiger partial charge in [-0.2, -0.15) is 31.4 Å². The van der Waals surface area contributed by atoms with Crippen LogP contribution in [-0.4, -0.2) is 63.2 Å². The molecule has 2 aromatic heterocycles. The van der Waals surface area contributed by atoms with Gasteiger partial charge in [-0.05, 0) is 61.6 Å². The number of aromatic hydroxyl groups is 1. The van der Waals surface area contributed by atoms with Crippen LogP contribution < -0.4 is 17.1 Å². The molecule has 2 amide bonds. The normalized spacial score (nSPS) is 18.8. The molecule has 2 aliphatic heterocycles. The van der Waals surface area contributed by atoms with E-state index in [1.165, 1.54) is 16.0 Å². The van der Waals surface area contributed by atoms with Crippen molar-refractivity contribution < 1.29 is 41.0 Å². The van der Waals surface area contributed by atoms with E-state index in [1.807, 2.05) is 24.0 Å². The molecule has 284 valence electrons. The van der Waals surface area contributed by atoms with Gasteiger partial charge in [-0.25, -0.2) is 5.84 Å². The van der Waals surface area contributed by atoms with Crippen LogP contribution in [0.5, 0.6) is 5.75 Å². The number of hydrogen-bond acceptors (Lipinski definition) is 8. The molecule has 0 bridgehead atoms. The minimum Gasteiger partial charge on any atom is -0.507 e. The molecule has 0 spiro atoms. The third-order valence-corrected chi connectivity index (χ3v) is 10.4. The van der Waals surface area contributed by atoms with Gasteiger partial charge in [0.25, 0.3) is 5.91 Å². The topological polar surface area (TPSA) is 150 Å².